The molecule has 5 nitrogen and oxygen atoms in total. The molecule has 0 fully saturated rings. The fraction of sp³-hybridized carbons (Fsp3) is 0.500. The Morgan fingerprint density at radius 2 is 1.66 bits per heavy atom. The Balaban J connectivity index is -0.000000120. The van der Waals surface area contributed by atoms with Crippen molar-refractivity contribution in [1.29, 1.82) is 0 Å². The predicted molar refractivity (Wildman–Crippen MR) is 158 cm³/mol. The van der Waals surface area contributed by atoms with E-state index in [0.29, 0.717) is 12.3 Å². The van der Waals surface area contributed by atoms with Crippen LogP contribution in [0.5, 0.6) is 11.5 Å². The second-order valence-electron chi connectivity index (χ2n) is 6.54. The summed E-state index contributed by atoms with van der Waals surface area (Å²) in [6.07, 6.45) is 16.4. The van der Waals surface area contributed by atoms with Crippen molar-refractivity contribution in [1.82, 2.24) is 5.32 Å². The Morgan fingerprint density at radius 1 is 1.11 bits per heavy atom. The summed E-state index contributed by atoms with van der Waals surface area (Å²) in [7, 11) is 1.48. The van der Waals surface area contributed by atoms with Gasteiger partial charge in [0.05, 0.1) is 7.11 Å². The summed E-state index contributed by atoms with van der Waals surface area (Å²) in [5, 5.41) is 12.0. The molecule has 0 saturated carbocycles. The molecule has 0 aliphatic heterocycles. The molecule has 0 unspecified atom stereocenters. The van der Waals surface area contributed by atoms with Crippen molar-refractivity contribution in [2.24, 2.45) is 5.73 Å². The molecule has 0 radical (unpaired) electrons. The average molecular weight is 493 g/mol. The average Bonchev–Trinajstić information content (AvgIpc) is 2.87. The lowest BCUT2D eigenvalue weighted by Gasteiger charge is -2.06. The molecule has 0 atom stereocenters. The minimum absolute atomic E-state index is 0.0861. The molecular formula is C30H56N2O3. The quantitative estimate of drug-likeness (QED) is 0.320. The zero-order valence-electron chi connectivity index (χ0n) is 24.2. The first-order chi connectivity index (χ1) is 16.8. The molecule has 1 aromatic rings. The van der Waals surface area contributed by atoms with Gasteiger partial charge in [-0.3, -0.25) is 4.79 Å². The number of phenolic OH excluding ortho intramolecular Hbond substituents is 1. The molecule has 204 valence electrons. The lowest BCUT2D eigenvalue weighted by atomic mass is 10.2. The molecule has 1 amide bonds. The number of nitrogens with one attached hydrogen (secondary N) is 1. The largest absolute Gasteiger partial charge is 0.504 e. The van der Waals surface area contributed by atoms with E-state index in [1.165, 1.54) is 32.9 Å². The van der Waals surface area contributed by atoms with Gasteiger partial charge in [-0.15, -0.1) is 13.2 Å². The number of unbranched alkanes of at least 4 members (excludes halogenated alkanes) is 1. The first kappa shape index (κ1) is 42.4. The maximum absolute atomic E-state index is 10.6. The minimum Gasteiger partial charge on any atom is -0.504 e. The van der Waals surface area contributed by atoms with Crippen LogP contribution < -0.4 is 15.8 Å². The fourth-order valence-corrected chi connectivity index (χ4v) is 1.62. The highest BCUT2D eigenvalue weighted by Gasteiger charge is 2.02. The maximum atomic E-state index is 10.6. The van der Waals surface area contributed by atoms with Crippen LogP contribution in [0.15, 0.2) is 67.8 Å². The number of carbonyl (C=O) groups is 1. The first-order valence-corrected chi connectivity index (χ1v) is 12.5. The third-order valence-corrected chi connectivity index (χ3v) is 3.38. The van der Waals surface area contributed by atoms with Gasteiger partial charge in [-0.25, -0.2) is 0 Å². The molecule has 0 bridgehead atoms. The molecule has 35 heavy (non-hydrogen) atoms. The van der Waals surface area contributed by atoms with E-state index < -0.39 is 0 Å². The SMILES string of the molecule is C/C=C\C.C=CC.C=CC/C=C\CC.CC.CCCCN.COc1cc(CNC(C)=O)ccc1O. The number of hydrogen-bond acceptors (Lipinski definition) is 4. The highest BCUT2D eigenvalue weighted by Crippen LogP contribution is 2.25. The van der Waals surface area contributed by atoms with Gasteiger partial charge in [0.25, 0.3) is 0 Å². The number of methoxy groups -OCH3 is 1. The smallest absolute Gasteiger partial charge is 0.217 e. The summed E-state index contributed by atoms with van der Waals surface area (Å²) in [5.74, 6) is 0.420. The highest BCUT2D eigenvalue weighted by molar-refractivity contribution is 5.72. The second kappa shape index (κ2) is 41.5. The Kier molecular flexibility index (Phi) is 50.2. The van der Waals surface area contributed by atoms with Crippen LogP contribution in [0.25, 0.3) is 0 Å². The van der Waals surface area contributed by atoms with Gasteiger partial charge in [-0.05, 0) is 64.3 Å². The van der Waals surface area contributed by atoms with Crippen molar-refractivity contribution >= 4 is 5.91 Å². The number of allylic oxidation sites excluding steroid dienone is 6. The standard InChI is InChI=1S/C10H13NO3.C7H12.C4H11N.C4H8.C3H6.C2H6/c1-7(12)11-6-8-3-4-9(13)10(5-8)14-2;1-3-5-7-6-4-2;1-2-3-4-5;1-3-4-2;1-3-2;1-2/h3-5,13H,6H2,1-2H3,(H,11,12);3,6-7H,1,4-5H2,2H3;2-5H2,1H3;3-4H,1-2H3;3H,1H2,2H3;1-2H3/b;7-6-;;4-3-;;. The third-order valence-electron chi connectivity index (χ3n) is 3.38. The Morgan fingerprint density at radius 3 is 1.97 bits per heavy atom. The van der Waals surface area contributed by atoms with Crippen LogP contribution in [-0.2, 0) is 11.3 Å². The van der Waals surface area contributed by atoms with Crippen molar-refractivity contribution in [2.75, 3.05) is 13.7 Å². The zero-order valence-corrected chi connectivity index (χ0v) is 24.2. The van der Waals surface area contributed by atoms with E-state index in [-0.39, 0.29) is 11.7 Å². The van der Waals surface area contributed by atoms with Crippen molar-refractivity contribution in [3.8, 4) is 11.5 Å². The first-order valence-electron chi connectivity index (χ1n) is 12.5. The van der Waals surface area contributed by atoms with Gasteiger partial charge in [0.1, 0.15) is 0 Å². The monoisotopic (exact) mass is 492 g/mol. The Bertz CT molecular complexity index is 618. The van der Waals surface area contributed by atoms with Crippen LogP contribution in [0, 0.1) is 0 Å². The molecular weight excluding hydrogens is 436 g/mol. The van der Waals surface area contributed by atoms with E-state index in [1.54, 1.807) is 18.2 Å². The van der Waals surface area contributed by atoms with Gasteiger partial charge < -0.3 is 20.9 Å². The van der Waals surface area contributed by atoms with Crippen LogP contribution in [0.1, 0.15) is 86.6 Å². The second-order valence-corrected chi connectivity index (χ2v) is 6.54. The summed E-state index contributed by atoms with van der Waals surface area (Å²) >= 11 is 0. The molecule has 0 spiro atoms. The Hall–Kier alpha value is -2.79. The lowest BCUT2D eigenvalue weighted by molar-refractivity contribution is -0.119. The van der Waals surface area contributed by atoms with Gasteiger partial charge in [-0.2, -0.15) is 0 Å². The normalized spacial score (nSPS) is 8.63. The maximum Gasteiger partial charge on any atom is 0.217 e. The third kappa shape index (κ3) is 45.4. The molecule has 0 saturated heterocycles. The van der Waals surface area contributed by atoms with Gasteiger partial charge in [0, 0.05) is 13.5 Å². The van der Waals surface area contributed by atoms with E-state index in [0.717, 1.165) is 24.9 Å². The highest BCUT2D eigenvalue weighted by atomic mass is 16.5. The number of phenols is 1. The molecule has 4 N–H and O–H groups in total. The van der Waals surface area contributed by atoms with Crippen LogP contribution >= 0.6 is 0 Å². The summed E-state index contributed by atoms with van der Waals surface area (Å²) < 4.78 is 4.93. The number of aromatic hydroxyl groups is 1. The molecule has 0 aromatic heterocycles. The van der Waals surface area contributed by atoms with E-state index in [2.05, 4.69) is 44.5 Å². The minimum atomic E-state index is -0.0861. The number of amides is 1. The number of rotatable bonds is 8. The van der Waals surface area contributed by atoms with Crippen LogP contribution in [-0.4, -0.2) is 24.7 Å². The molecule has 0 heterocycles. The zero-order chi connectivity index (χ0) is 28.3. The number of nitrogens with two attached hydrogens (primary N) is 1. The summed E-state index contributed by atoms with van der Waals surface area (Å²) in [6.45, 7) is 23.8. The molecule has 5 heteroatoms. The van der Waals surface area contributed by atoms with E-state index in [9.17, 15) is 9.90 Å². The van der Waals surface area contributed by atoms with E-state index >= 15 is 0 Å². The van der Waals surface area contributed by atoms with Crippen molar-refractivity contribution in [3.05, 3.63) is 73.4 Å². The molecule has 0 aliphatic rings. The molecule has 0 aliphatic carbocycles. The lowest BCUT2D eigenvalue weighted by Crippen LogP contribution is -2.18. The topological polar surface area (TPSA) is 84.6 Å². The summed E-state index contributed by atoms with van der Waals surface area (Å²) in [4.78, 5) is 10.6. The van der Waals surface area contributed by atoms with Gasteiger partial charge in [0.15, 0.2) is 11.5 Å². The van der Waals surface area contributed by atoms with Crippen LogP contribution in [0.4, 0.5) is 0 Å². The number of ether oxygens (including phenoxy) is 1. The van der Waals surface area contributed by atoms with Crippen molar-refractivity contribution in [2.45, 2.75) is 87.6 Å². The van der Waals surface area contributed by atoms with E-state index in [4.69, 9.17) is 10.5 Å². The van der Waals surface area contributed by atoms with Crippen molar-refractivity contribution < 1.29 is 14.6 Å². The van der Waals surface area contributed by atoms with Crippen LogP contribution in [0.2, 0.25) is 0 Å². The summed E-state index contributed by atoms with van der Waals surface area (Å²) in [5.41, 5.74) is 6.02. The van der Waals surface area contributed by atoms with Gasteiger partial charge in [-0.1, -0.05) is 76.6 Å². The molecule has 1 rings (SSSR count). The van der Waals surface area contributed by atoms with Crippen LogP contribution in [0.3, 0.4) is 0 Å². The number of hydrogen-bond donors (Lipinski definition) is 3. The Labute approximate surface area is 217 Å². The molecule has 1 aromatic carbocycles. The fourth-order valence-electron chi connectivity index (χ4n) is 1.62. The van der Waals surface area contributed by atoms with Gasteiger partial charge in [0.2, 0.25) is 5.91 Å². The van der Waals surface area contributed by atoms with Crippen molar-refractivity contribution in [3.63, 3.8) is 0 Å². The predicted octanol–water partition coefficient (Wildman–Crippen LogP) is 8.11. The number of carbonyl (C=O) groups excluding carboxylic acids is 1. The van der Waals surface area contributed by atoms with E-state index in [1.807, 2.05) is 52.8 Å². The summed E-state index contributed by atoms with van der Waals surface area (Å²) in [6, 6.07) is 4.95. The van der Waals surface area contributed by atoms with Gasteiger partial charge >= 0.3 is 0 Å². The number of benzene rings is 1.